The zero-order valence-corrected chi connectivity index (χ0v) is 16.4. The molecule has 1 amide bonds. The van der Waals surface area contributed by atoms with Crippen LogP contribution in [0.25, 0.3) is 0 Å². The van der Waals surface area contributed by atoms with E-state index in [0.29, 0.717) is 16.8 Å². The summed E-state index contributed by atoms with van der Waals surface area (Å²) in [5.74, 6) is -1.97. The highest BCUT2D eigenvalue weighted by Gasteiger charge is 2.20. The highest BCUT2D eigenvalue weighted by Crippen LogP contribution is 2.27. The van der Waals surface area contributed by atoms with Crippen LogP contribution in [-0.4, -0.2) is 20.9 Å². The van der Waals surface area contributed by atoms with E-state index in [1.807, 2.05) is 4.72 Å². The number of sulfonamides is 1. The van der Waals surface area contributed by atoms with Crippen molar-refractivity contribution in [3.05, 3.63) is 57.6 Å². The van der Waals surface area contributed by atoms with Gasteiger partial charge in [-0.2, -0.15) is 0 Å². The van der Waals surface area contributed by atoms with Gasteiger partial charge in [0.15, 0.2) is 0 Å². The van der Waals surface area contributed by atoms with Gasteiger partial charge in [-0.05, 0) is 65.7 Å². The van der Waals surface area contributed by atoms with Gasteiger partial charge in [-0.1, -0.05) is 0 Å². The van der Waals surface area contributed by atoms with E-state index in [9.17, 15) is 22.0 Å². The molecule has 1 N–H and O–H groups in total. The molecule has 2 aromatic carbocycles. The number of halogens is 3. The number of nitrogens with one attached hydrogen (secondary N) is 1. The van der Waals surface area contributed by atoms with Crippen LogP contribution >= 0.6 is 15.9 Å². The van der Waals surface area contributed by atoms with Crippen molar-refractivity contribution in [3.8, 4) is 5.75 Å². The summed E-state index contributed by atoms with van der Waals surface area (Å²) in [7, 11) is -4.17. The van der Waals surface area contributed by atoms with Gasteiger partial charge in [0, 0.05) is 5.56 Å². The van der Waals surface area contributed by atoms with Crippen molar-refractivity contribution in [1.82, 2.24) is 4.72 Å². The molecule has 140 valence electrons. The lowest BCUT2D eigenvalue weighted by molar-refractivity contribution is -0.118. The highest BCUT2D eigenvalue weighted by atomic mass is 79.9. The molecule has 0 saturated heterocycles. The summed E-state index contributed by atoms with van der Waals surface area (Å²) in [5, 5.41) is 0. The van der Waals surface area contributed by atoms with Crippen molar-refractivity contribution >= 4 is 31.9 Å². The predicted molar refractivity (Wildman–Crippen MR) is 95.4 cm³/mol. The first-order chi connectivity index (χ1) is 12.1. The number of aryl methyl sites for hydroxylation is 1. The Labute approximate surface area is 158 Å². The molecule has 2 aromatic rings. The molecule has 2 rings (SSSR count). The average Bonchev–Trinajstić information content (AvgIpc) is 2.54. The van der Waals surface area contributed by atoms with Crippen molar-refractivity contribution in [2.45, 2.75) is 25.2 Å². The fraction of sp³-hybridized carbons (Fsp3) is 0.235. The van der Waals surface area contributed by atoms with Gasteiger partial charge < -0.3 is 4.74 Å². The molecular formula is C17H16BrF2NO4S. The standard InChI is InChI=1S/C17H16BrF2NO4S/c1-3-25-16-5-4-12(9-13(16)18)26(23,24)21-17(22)8-11-7-14(19)10(2)6-15(11)20/h4-7,9H,3,8H2,1-2H3,(H,21,22). The van der Waals surface area contributed by atoms with Crippen molar-refractivity contribution in [3.63, 3.8) is 0 Å². The van der Waals surface area contributed by atoms with Gasteiger partial charge in [-0.25, -0.2) is 21.9 Å². The van der Waals surface area contributed by atoms with E-state index >= 15 is 0 Å². The lowest BCUT2D eigenvalue weighted by atomic mass is 10.1. The average molecular weight is 448 g/mol. The van der Waals surface area contributed by atoms with E-state index in [1.54, 1.807) is 6.92 Å². The summed E-state index contributed by atoms with van der Waals surface area (Å²) < 4.78 is 59.5. The summed E-state index contributed by atoms with van der Waals surface area (Å²) >= 11 is 3.19. The zero-order valence-electron chi connectivity index (χ0n) is 14.0. The first kappa shape index (κ1) is 20.3. The molecule has 5 nitrogen and oxygen atoms in total. The number of rotatable bonds is 6. The van der Waals surface area contributed by atoms with E-state index in [0.717, 1.165) is 12.1 Å². The second kappa shape index (κ2) is 8.13. The Morgan fingerprint density at radius 2 is 1.88 bits per heavy atom. The number of carbonyl (C=O) groups is 1. The van der Waals surface area contributed by atoms with Gasteiger partial charge in [-0.15, -0.1) is 0 Å². The summed E-state index contributed by atoms with van der Waals surface area (Å²) in [6, 6.07) is 5.84. The van der Waals surface area contributed by atoms with Gasteiger partial charge in [-0.3, -0.25) is 4.79 Å². The molecule has 0 radical (unpaired) electrons. The third kappa shape index (κ3) is 4.79. The lowest BCUT2D eigenvalue weighted by Crippen LogP contribution is -2.32. The molecule has 0 aliphatic carbocycles. The van der Waals surface area contributed by atoms with Crippen molar-refractivity contribution in [2.75, 3.05) is 6.61 Å². The fourth-order valence-corrected chi connectivity index (χ4v) is 3.82. The zero-order chi connectivity index (χ0) is 19.5. The smallest absolute Gasteiger partial charge is 0.264 e. The number of carbonyl (C=O) groups excluding carboxylic acids is 1. The summed E-state index contributed by atoms with van der Waals surface area (Å²) in [6.45, 7) is 3.57. The van der Waals surface area contributed by atoms with Crippen LogP contribution in [0.15, 0.2) is 39.7 Å². The number of ether oxygens (including phenoxy) is 1. The molecule has 0 atom stereocenters. The van der Waals surface area contributed by atoms with Crippen LogP contribution in [0.3, 0.4) is 0 Å². The van der Waals surface area contributed by atoms with Crippen LogP contribution in [-0.2, 0) is 21.2 Å². The van der Waals surface area contributed by atoms with E-state index in [4.69, 9.17) is 4.74 Å². The first-order valence-corrected chi connectivity index (χ1v) is 9.84. The Hall–Kier alpha value is -2.00. The summed E-state index contributed by atoms with van der Waals surface area (Å²) in [5.41, 5.74) is -0.132. The maximum absolute atomic E-state index is 13.8. The number of hydrogen-bond acceptors (Lipinski definition) is 4. The largest absolute Gasteiger partial charge is 0.493 e. The quantitative estimate of drug-likeness (QED) is 0.735. The number of hydrogen-bond donors (Lipinski definition) is 1. The molecule has 0 heterocycles. The summed E-state index contributed by atoms with van der Waals surface area (Å²) in [4.78, 5) is 11.8. The molecule has 0 aliphatic rings. The van der Waals surface area contributed by atoms with Crippen LogP contribution in [0.5, 0.6) is 5.75 Å². The van der Waals surface area contributed by atoms with Crippen LogP contribution in [0.2, 0.25) is 0 Å². The second-order valence-electron chi connectivity index (χ2n) is 5.42. The predicted octanol–water partition coefficient (Wildman–Crippen LogP) is 3.48. The third-order valence-electron chi connectivity index (χ3n) is 3.44. The van der Waals surface area contributed by atoms with E-state index in [1.165, 1.54) is 25.1 Å². The molecular weight excluding hydrogens is 432 g/mol. The molecule has 26 heavy (non-hydrogen) atoms. The maximum atomic E-state index is 13.8. The maximum Gasteiger partial charge on any atom is 0.264 e. The Balaban J connectivity index is 2.17. The molecule has 0 unspecified atom stereocenters. The van der Waals surface area contributed by atoms with Crippen LogP contribution in [0.1, 0.15) is 18.1 Å². The minimum atomic E-state index is -4.17. The topological polar surface area (TPSA) is 72.5 Å². The SMILES string of the molecule is CCOc1ccc(S(=O)(=O)NC(=O)Cc2cc(F)c(C)cc2F)cc1Br. The minimum Gasteiger partial charge on any atom is -0.493 e. The van der Waals surface area contributed by atoms with E-state index in [-0.39, 0.29) is 16.0 Å². The summed E-state index contributed by atoms with van der Waals surface area (Å²) in [6.07, 6.45) is -0.611. The Kier molecular flexibility index (Phi) is 6.35. The van der Waals surface area contributed by atoms with Gasteiger partial charge in [0.2, 0.25) is 5.91 Å². The molecule has 9 heteroatoms. The monoisotopic (exact) mass is 447 g/mol. The normalized spacial score (nSPS) is 11.3. The first-order valence-electron chi connectivity index (χ1n) is 7.56. The van der Waals surface area contributed by atoms with Gasteiger partial charge in [0.25, 0.3) is 10.0 Å². The second-order valence-corrected chi connectivity index (χ2v) is 7.96. The lowest BCUT2D eigenvalue weighted by Gasteiger charge is -2.10. The Morgan fingerprint density at radius 1 is 1.19 bits per heavy atom. The highest BCUT2D eigenvalue weighted by molar-refractivity contribution is 9.10. The molecule has 0 bridgehead atoms. The molecule has 0 fully saturated rings. The third-order valence-corrected chi connectivity index (χ3v) is 5.43. The van der Waals surface area contributed by atoms with Gasteiger partial charge in [0.05, 0.1) is 22.4 Å². The molecule has 0 spiro atoms. The van der Waals surface area contributed by atoms with Crippen LogP contribution in [0.4, 0.5) is 8.78 Å². The van der Waals surface area contributed by atoms with Gasteiger partial charge in [0.1, 0.15) is 17.4 Å². The van der Waals surface area contributed by atoms with E-state index in [2.05, 4.69) is 15.9 Å². The number of benzene rings is 2. The van der Waals surface area contributed by atoms with Gasteiger partial charge >= 0.3 is 0 Å². The Bertz CT molecular complexity index is 948. The fourth-order valence-electron chi connectivity index (χ4n) is 2.16. The minimum absolute atomic E-state index is 0.0958. The van der Waals surface area contributed by atoms with Crippen molar-refractivity contribution in [2.24, 2.45) is 0 Å². The molecule has 0 saturated carbocycles. The van der Waals surface area contributed by atoms with Crippen LogP contribution < -0.4 is 9.46 Å². The molecule has 0 aliphatic heterocycles. The Morgan fingerprint density at radius 3 is 2.50 bits per heavy atom. The van der Waals surface area contributed by atoms with Crippen LogP contribution in [0, 0.1) is 18.6 Å². The van der Waals surface area contributed by atoms with Crippen molar-refractivity contribution in [1.29, 1.82) is 0 Å². The van der Waals surface area contributed by atoms with Crippen molar-refractivity contribution < 1.29 is 26.7 Å². The number of amides is 1. The van der Waals surface area contributed by atoms with E-state index < -0.39 is 34.0 Å². The molecule has 0 aromatic heterocycles.